The van der Waals surface area contributed by atoms with Crippen LogP contribution in [-0.4, -0.2) is 30.5 Å². The van der Waals surface area contributed by atoms with Gasteiger partial charge in [0.25, 0.3) is 0 Å². The second-order valence-corrected chi connectivity index (χ2v) is 19.6. The quantitative estimate of drug-likeness (QED) is 0.0445. The van der Waals surface area contributed by atoms with Gasteiger partial charge in [-0.05, 0) is 77.6 Å². The third-order valence-corrected chi connectivity index (χ3v) is 14.5. The van der Waals surface area contributed by atoms with Gasteiger partial charge in [-0.1, -0.05) is 196 Å². The molecule has 6 aromatic carbocycles. The molecule has 70 heavy (non-hydrogen) atoms. The van der Waals surface area contributed by atoms with Crippen LogP contribution in [0.1, 0.15) is 104 Å². The molecule has 0 saturated carbocycles. The molecule has 10 heteroatoms. The van der Waals surface area contributed by atoms with E-state index >= 15 is 0 Å². The van der Waals surface area contributed by atoms with Gasteiger partial charge in [0.1, 0.15) is 0 Å². The summed E-state index contributed by atoms with van der Waals surface area (Å²) in [5.74, 6) is 0. The zero-order chi connectivity index (χ0) is 48.8. The lowest BCUT2D eigenvalue weighted by molar-refractivity contribution is 0.133. The summed E-state index contributed by atoms with van der Waals surface area (Å²) in [6, 6.07) is 60.5. The summed E-state index contributed by atoms with van der Waals surface area (Å²) >= 11 is 0. The molecule has 0 spiro atoms. The molecule has 0 fully saturated rings. The number of para-hydroxylation sites is 2. The van der Waals surface area contributed by atoms with Crippen LogP contribution in [0.4, 0.5) is 0 Å². The van der Waals surface area contributed by atoms with Gasteiger partial charge < -0.3 is 9.05 Å². The predicted molar refractivity (Wildman–Crippen MR) is 287 cm³/mol. The Labute approximate surface area is 414 Å². The van der Waals surface area contributed by atoms with E-state index in [0.717, 1.165) is 121 Å². The van der Waals surface area contributed by atoms with Gasteiger partial charge in [0, 0.05) is 34.3 Å². The van der Waals surface area contributed by atoms with Gasteiger partial charge >= 0.3 is 19.6 Å². The van der Waals surface area contributed by atoms with Gasteiger partial charge in [-0.3, -0.25) is 22.8 Å². The Morgan fingerprint density at radius 1 is 0.371 bits per heavy atom. The molecule has 0 bridgehead atoms. The number of unbranched alkanes of at least 4 members (excludes halogenated alkanes) is 4. The third-order valence-electron chi connectivity index (χ3n) is 13.3. The molecule has 8 aromatic rings. The van der Waals surface area contributed by atoms with Crippen molar-refractivity contribution in [1.82, 2.24) is 18.3 Å². The summed E-state index contributed by atoms with van der Waals surface area (Å²) in [5, 5.41) is 0. The van der Waals surface area contributed by atoms with Gasteiger partial charge in [-0.15, -0.1) is 0 Å². The molecule has 4 unspecified atom stereocenters. The number of hydrogen-bond acceptors (Lipinski definition) is 5. The summed E-state index contributed by atoms with van der Waals surface area (Å²) in [5.41, 5.74) is 9.18. The Hall–Kier alpha value is -6.51. The molecule has 0 saturated heterocycles. The highest BCUT2D eigenvalue weighted by Gasteiger charge is 2.28. The van der Waals surface area contributed by atoms with Gasteiger partial charge in [0.15, 0.2) is 0 Å². The zero-order valence-electron chi connectivity index (χ0n) is 41.0. The van der Waals surface area contributed by atoms with Crippen molar-refractivity contribution in [2.75, 3.05) is 0 Å². The first-order chi connectivity index (χ1) is 34.2. The number of rotatable bonds is 24. The first-order valence-corrected chi connectivity index (χ1v) is 26.4. The summed E-state index contributed by atoms with van der Waals surface area (Å²) in [7, 11) is -2.67. The van der Waals surface area contributed by atoms with Crippen molar-refractivity contribution in [3.05, 3.63) is 203 Å². The lowest BCUT2D eigenvalue weighted by Crippen LogP contribution is -2.26. The zero-order valence-corrected chi connectivity index (χ0v) is 42.0. The van der Waals surface area contributed by atoms with Crippen molar-refractivity contribution in [2.24, 2.45) is 0 Å². The Kier molecular flexibility index (Phi) is 17.4. The Bertz CT molecular complexity index is 2800. The lowest BCUT2D eigenvalue weighted by Gasteiger charge is -2.18. The summed E-state index contributed by atoms with van der Waals surface area (Å²) in [6.07, 6.45) is 8.47. The van der Waals surface area contributed by atoms with E-state index in [1.807, 2.05) is 166 Å². The maximum atomic E-state index is 14.5. The minimum atomic E-state index is -2.67. The molecule has 2 heterocycles. The molecule has 0 aliphatic carbocycles. The number of hydrogen-bond donors (Lipinski definition) is 0. The van der Waals surface area contributed by atoms with Gasteiger partial charge in [-0.25, -0.2) is 9.59 Å². The Morgan fingerprint density at radius 3 is 0.957 bits per heavy atom. The molecule has 362 valence electrons. The molecule has 0 aliphatic rings. The van der Waals surface area contributed by atoms with Crippen LogP contribution >= 0.6 is 8.25 Å². The fourth-order valence-electron chi connectivity index (χ4n) is 9.79. The van der Waals surface area contributed by atoms with E-state index in [9.17, 15) is 14.2 Å². The summed E-state index contributed by atoms with van der Waals surface area (Å²) in [6.45, 7) is 8.22. The predicted octanol–water partition coefficient (Wildman–Crippen LogP) is 15.2. The molecule has 0 radical (unpaired) electrons. The van der Waals surface area contributed by atoms with Crippen molar-refractivity contribution in [2.45, 2.75) is 116 Å². The lowest BCUT2D eigenvalue weighted by atomic mass is 10.0. The third kappa shape index (κ3) is 11.9. The molecule has 9 nitrogen and oxygen atoms in total. The topological polar surface area (TPSA) is 89.4 Å². The van der Waals surface area contributed by atoms with Gasteiger partial charge in [0.05, 0.1) is 46.4 Å². The van der Waals surface area contributed by atoms with Crippen molar-refractivity contribution in [1.29, 1.82) is 0 Å². The largest absolute Gasteiger partial charge is 0.334 e. The van der Waals surface area contributed by atoms with Crippen LogP contribution in [0, 0.1) is 0 Å². The van der Waals surface area contributed by atoms with Crippen LogP contribution < -0.4 is 11.4 Å². The maximum absolute atomic E-state index is 14.5. The first-order valence-electron chi connectivity index (χ1n) is 25.2. The number of benzene rings is 6. The average Bonchev–Trinajstić information content (AvgIpc) is 3.88. The number of aromatic nitrogens is 4. The van der Waals surface area contributed by atoms with Crippen LogP contribution in [-0.2, 0) is 13.6 Å². The monoisotopic (exact) mass is 954 g/mol. The van der Waals surface area contributed by atoms with Crippen LogP contribution in [0.2, 0.25) is 0 Å². The molecular weight excluding hydrogens is 888 g/mol. The van der Waals surface area contributed by atoms with Crippen LogP contribution in [0.3, 0.4) is 0 Å². The second-order valence-electron chi connectivity index (χ2n) is 18.6. The SMILES string of the molecule is CC(CCCCCC(C)n1c(-c2ccccc2)c(-c2ccccc2)n(-c2ccccc2)c1=O)O[PH](=O)OC(C)CCCCCC(C)n1c(-c2ccccc2)c(-c2ccccc2)n(-c2ccccc2)c1=O. The summed E-state index contributed by atoms with van der Waals surface area (Å²) < 4.78 is 32.5. The number of nitrogens with zero attached hydrogens (tertiary/aromatic N) is 4. The molecule has 0 N–H and O–H groups in total. The van der Waals surface area contributed by atoms with E-state index in [-0.39, 0.29) is 35.7 Å². The molecular formula is C60H67N4O5P. The fraction of sp³-hybridized carbons (Fsp3) is 0.300. The van der Waals surface area contributed by atoms with Crippen LogP contribution in [0.25, 0.3) is 56.4 Å². The van der Waals surface area contributed by atoms with E-state index in [1.54, 1.807) is 0 Å². The Morgan fingerprint density at radius 2 is 0.643 bits per heavy atom. The van der Waals surface area contributed by atoms with E-state index in [2.05, 4.69) is 62.4 Å². The highest BCUT2D eigenvalue weighted by Crippen LogP contribution is 2.38. The minimum absolute atomic E-state index is 0.0449. The van der Waals surface area contributed by atoms with Gasteiger partial charge in [-0.2, -0.15) is 0 Å². The van der Waals surface area contributed by atoms with Crippen LogP contribution in [0.5, 0.6) is 0 Å². The van der Waals surface area contributed by atoms with E-state index in [1.165, 1.54) is 0 Å². The molecule has 8 rings (SSSR count). The van der Waals surface area contributed by atoms with Crippen molar-refractivity contribution >= 4 is 8.25 Å². The first kappa shape index (κ1) is 49.9. The molecule has 2 aromatic heterocycles. The van der Waals surface area contributed by atoms with E-state index in [0.29, 0.717) is 0 Å². The standard InChI is InChI=1S/C60H67N4O5P/c1-45(61-55(49-33-17-7-18-34-49)57(51-37-21-9-22-38-51)63(59(61)65)53-41-25-11-26-42-53)29-13-5-15-31-47(3)68-70(67)69-48(4)32-16-6-14-30-46(2)62-56(50-35-19-8-20-36-50)58(52-39-23-10-24-40-52)64(60(62)66)54-43-27-12-28-44-54/h7-12,17-28,33-48,70H,5-6,13-16,29-32H2,1-4H3. The summed E-state index contributed by atoms with van der Waals surface area (Å²) in [4.78, 5) is 29.1. The van der Waals surface area contributed by atoms with E-state index < -0.39 is 8.25 Å². The smallest absolute Gasteiger partial charge is 0.308 e. The van der Waals surface area contributed by atoms with Crippen LogP contribution in [0.15, 0.2) is 192 Å². The fourth-order valence-corrected chi connectivity index (χ4v) is 10.7. The highest BCUT2D eigenvalue weighted by molar-refractivity contribution is 7.33. The molecule has 0 amide bonds. The van der Waals surface area contributed by atoms with Crippen molar-refractivity contribution < 1.29 is 13.6 Å². The normalized spacial score (nSPS) is 13.7. The highest BCUT2D eigenvalue weighted by atomic mass is 31.1. The van der Waals surface area contributed by atoms with Gasteiger partial charge in [0.2, 0.25) is 0 Å². The Balaban J connectivity index is 0.811. The minimum Gasteiger partial charge on any atom is -0.308 e. The van der Waals surface area contributed by atoms with Crippen molar-refractivity contribution in [3.63, 3.8) is 0 Å². The number of imidazole rings is 2. The van der Waals surface area contributed by atoms with E-state index in [4.69, 9.17) is 9.05 Å². The maximum Gasteiger partial charge on any atom is 0.334 e. The average molecular weight is 955 g/mol. The second kappa shape index (κ2) is 24.4. The molecule has 4 atom stereocenters. The van der Waals surface area contributed by atoms with Crippen molar-refractivity contribution in [3.8, 4) is 56.4 Å². The molecule has 0 aliphatic heterocycles.